The smallest absolute Gasteiger partial charge is 0.394 e. The highest BCUT2D eigenvalue weighted by atomic mass is 32.3. The third kappa shape index (κ3) is 39.3. The third-order valence-corrected chi connectivity index (χ3v) is 14.8. The van der Waals surface area contributed by atoms with Gasteiger partial charge in [0.05, 0.1) is 25.4 Å². The molecular weight excluding hydrogens is 907 g/mol. The topological polar surface area (TPSA) is 192 Å². The Kier molecular flexibility index (Phi) is 45.4. The summed E-state index contributed by atoms with van der Waals surface area (Å²) in [6, 6.07) is -0.940. The van der Waals surface area contributed by atoms with E-state index in [2.05, 4.69) is 23.3 Å². The minimum atomic E-state index is -5.09. The fraction of sp³-hybridized carbons (Fsp3) is 0.947. The lowest BCUT2D eigenvalue weighted by Gasteiger charge is -2.41. The van der Waals surface area contributed by atoms with Gasteiger partial charge in [-0.05, 0) is 19.3 Å². The molecule has 0 aliphatic carbocycles. The van der Waals surface area contributed by atoms with E-state index in [0.29, 0.717) is 6.42 Å². The molecule has 0 aromatic carbocycles. The molecule has 1 amide bonds. The zero-order valence-corrected chi connectivity index (χ0v) is 45.9. The number of allylic oxidation sites excluding steroid dienone is 1. The summed E-state index contributed by atoms with van der Waals surface area (Å²) >= 11 is 0. The first-order chi connectivity index (χ1) is 34.0. The van der Waals surface area contributed by atoms with Crippen LogP contribution in [0.25, 0.3) is 0 Å². The van der Waals surface area contributed by atoms with Crippen LogP contribution in [0.15, 0.2) is 12.2 Å². The molecular formula is C57H111NO11S. The summed E-state index contributed by atoms with van der Waals surface area (Å²) in [5.74, 6) is -0.255. The van der Waals surface area contributed by atoms with Crippen LogP contribution in [0, 0.1) is 0 Å². The van der Waals surface area contributed by atoms with Crippen molar-refractivity contribution in [2.24, 2.45) is 0 Å². The molecule has 0 bridgehead atoms. The van der Waals surface area contributed by atoms with Gasteiger partial charge >= 0.3 is 10.4 Å². The average molecular weight is 1020 g/mol. The molecule has 1 rings (SSSR count). The summed E-state index contributed by atoms with van der Waals surface area (Å²) in [6.45, 7) is 3.45. The minimum absolute atomic E-state index is 0.255. The summed E-state index contributed by atoms with van der Waals surface area (Å²) in [5.41, 5.74) is 0. The van der Waals surface area contributed by atoms with Crippen molar-refractivity contribution in [3.05, 3.63) is 12.2 Å². The van der Waals surface area contributed by atoms with Crippen LogP contribution in [0.5, 0.6) is 0 Å². The Bertz CT molecular complexity index is 1290. The van der Waals surface area contributed by atoms with Gasteiger partial charge in [-0.15, -0.1) is 0 Å². The number of hydrogen-bond donors (Lipinski definition) is 6. The first kappa shape index (κ1) is 66.9. The van der Waals surface area contributed by atoms with Gasteiger partial charge in [-0.25, -0.2) is 4.18 Å². The maximum absolute atomic E-state index is 13.1. The molecule has 0 aromatic heterocycles. The number of ether oxygens (including phenoxy) is 2. The Morgan fingerprint density at radius 1 is 0.557 bits per heavy atom. The summed E-state index contributed by atoms with van der Waals surface area (Å²) in [5, 5.41) is 45.0. The molecule has 13 heteroatoms. The van der Waals surface area contributed by atoms with Crippen LogP contribution in [0.4, 0.5) is 0 Å². The SMILES string of the molecule is CCCCCCCCCCCCCCCCCCCCCCC/C=C/C(O)C(COC1OC(CO)C(O)C(OS(=O)(=O)O)C1O)NC(=O)CCCCCCCCCCCCCCCCCCCCCC. The molecule has 1 heterocycles. The van der Waals surface area contributed by atoms with E-state index in [-0.39, 0.29) is 18.9 Å². The van der Waals surface area contributed by atoms with Gasteiger partial charge in [-0.2, -0.15) is 8.42 Å². The molecule has 416 valence electrons. The Hall–Kier alpha value is -1.16. The van der Waals surface area contributed by atoms with E-state index in [9.17, 15) is 38.2 Å². The highest BCUT2D eigenvalue weighted by molar-refractivity contribution is 7.80. The summed E-state index contributed by atoms with van der Waals surface area (Å²) in [4.78, 5) is 13.1. The maximum Gasteiger partial charge on any atom is 0.397 e. The van der Waals surface area contributed by atoms with E-state index in [4.69, 9.17) is 9.47 Å². The van der Waals surface area contributed by atoms with Gasteiger partial charge in [0.15, 0.2) is 6.29 Å². The molecule has 12 nitrogen and oxygen atoms in total. The van der Waals surface area contributed by atoms with Gasteiger partial charge in [0.2, 0.25) is 5.91 Å². The van der Waals surface area contributed by atoms with Crippen LogP contribution in [-0.4, -0.2) is 95.4 Å². The molecule has 0 aromatic rings. The maximum atomic E-state index is 13.1. The van der Waals surface area contributed by atoms with Crippen LogP contribution in [0.2, 0.25) is 0 Å². The van der Waals surface area contributed by atoms with Gasteiger partial charge in [-0.1, -0.05) is 276 Å². The van der Waals surface area contributed by atoms with Crippen molar-refractivity contribution in [1.29, 1.82) is 0 Å². The number of rotatable bonds is 52. The van der Waals surface area contributed by atoms with E-state index < -0.39 is 59.9 Å². The first-order valence-corrected chi connectivity index (χ1v) is 30.9. The van der Waals surface area contributed by atoms with Crippen LogP contribution in [0.3, 0.4) is 0 Å². The predicted octanol–water partition coefficient (Wildman–Crippen LogP) is 13.8. The number of nitrogens with one attached hydrogen (secondary N) is 1. The lowest BCUT2D eigenvalue weighted by Crippen LogP contribution is -2.61. The molecule has 0 radical (unpaired) electrons. The second-order valence-corrected chi connectivity index (χ2v) is 22.0. The van der Waals surface area contributed by atoms with E-state index in [1.54, 1.807) is 6.08 Å². The lowest BCUT2D eigenvalue weighted by molar-refractivity contribution is -0.298. The monoisotopic (exact) mass is 1020 g/mol. The minimum Gasteiger partial charge on any atom is -0.394 e. The van der Waals surface area contributed by atoms with Gasteiger partial charge in [0, 0.05) is 6.42 Å². The van der Waals surface area contributed by atoms with Crippen LogP contribution < -0.4 is 5.32 Å². The molecule has 1 fully saturated rings. The number of hydrogen-bond acceptors (Lipinski definition) is 10. The average Bonchev–Trinajstić information content (AvgIpc) is 3.33. The second-order valence-electron chi connectivity index (χ2n) is 20.9. The zero-order valence-electron chi connectivity index (χ0n) is 45.1. The number of amides is 1. The third-order valence-electron chi connectivity index (χ3n) is 14.3. The van der Waals surface area contributed by atoms with Crippen molar-refractivity contribution >= 4 is 16.3 Å². The molecule has 70 heavy (non-hydrogen) atoms. The number of unbranched alkanes of at least 4 members (excludes halogenated alkanes) is 40. The Labute approximate surface area is 430 Å². The lowest BCUT2D eigenvalue weighted by atomic mass is 9.99. The Morgan fingerprint density at radius 2 is 0.900 bits per heavy atom. The van der Waals surface area contributed by atoms with Crippen molar-refractivity contribution in [1.82, 2.24) is 5.32 Å². The summed E-state index contributed by atoms with van der Waals surface area (Å²) in [6.07, 6.45) is 48.3. The second kappa shape index (κ2) is 47.5. The summed E-state index contributed by atoms with van der Waals surface area (Å²) < 4.78 is 47.9. The van der Waals surface area contributed by atoms with E-state index in [1.807, 2.05) is 6.08 Å². The molecule has 7 unspecified atom stereocenters. The van der Waals surface area contributed by atoms with E-state index in [0.717, 1.165) is 38.5 Å². The fourth-order valence-corrected chi connectivity index (χ4v) is 10.3. The van der Waals surface area contributed by atoms with Crippen molar-refractivity contribution in [2.45, 2.75) is 333 Å². The number of carbonyl (C=O) groups is 1. The first-order valence-electron chi connectivity index (χ1n) is 29.6. The molecule has 7 atom stereocenters. The molecule has 1 aliphatic rings. The molecule has 1 aliphatic heterocycles. The number of aliphatic hydroxyl groups excluding tert-OH is 4. The van der Waals surface area contributed by atoms with E-state index in [1.165, 1.54) is 225 Å². The molecule has 6 N–H and O–H groups in total. The normalized spacial score (nSPS) is 19.6. The van der Waals surface area contributed by atoms with Gasteiger partial charge < -0.3 is 35.2 Å². The molecule has 0 saturated carbocycles. The predicted molar refractivity (Wildman–Crippen MR) is 287 cm³/mol. The van der Waals surface area contributed by atoms with Crippen molar-refractivity contribution < 1.29 is 51.8 Å². The van der Waals surface area contributed by atoms with Gasteiger partial charge in [0.25, 0.3) is 0 Å². The van der Waals surface area contributed by atoms with Crippen LogP contribution in [0.1, 0.15) is 290 Å². The van der Waals surface area contributed by atoms with Crippen LogP contribution in [-0.2, 0) is 28.9 Å². The number of aliphatic hydroxyl groups is 4. The summed E-state index contributed by atoms with van der Waals surface area (Å²) in [7, 11) is -5.09. The quantitative estimate of drug-likeness (QED) is 0.0193. The van der Waals surface area contributed by atoms with Gasteiger partial charge in [0.1, 0.15) is 24.4 Å². The van der Waals surface area contributed by atoms with Crippen molar-refractivity contribution in [3.8, 4) is 0 Å². The van der Waals surface area contributed by atoms with Gasteiger partial charge in [-0.3, -0.25) is 9.35 Å². The largest absolute Gasteiger partial charge is 0.397 e. The fourth-order valence-electron chi connectivity index (χ4n) is 9.75. The van der Waals surface area contributed by atoms with Crippen LogP contribution >= 0.6 is 0 Å². The Balaban J connectivity index is 2.36. The van der Waals surface area contributed by atoms with Crippen molar-refractivity contribution in [3.63, 3.8) is 0 Å². The highest BCUT2D eigenvalue weighted by Crippen LogP contribution is 2.26. The Morgan fingerprint density at radius 3 is 1.24 bits per heavy atom. The molecule has 0 spiro atoms. The molecule has 1 saturated heterocycles. The zero-order chi connectivity index (χ0) is 51.2. The van der Waals surface area contributed by atoms with E-state index >= 15 is 0 Å². The highest BCUT2D eigenvalue weighted by Gasteiger charge is 2.48. The standard InChI is InChI=1S/C57H111NO11S/c1-3-5-7-9-11-13-15-17-19-21-23-25-26-27-28-30-32-34-36-38-40-42-44-46-51(60)50(49-67-57-55(63)56(69-70(64,65)66)54(62)52(48-59)68-57)58-53(61)47-45-43-41-39-37-35-33-31-29-24-22-20-18-16-14-12-10-8-6-4-2/h44,46,50-52,54-57,59-60,62-63H,3-43,45,47-49H2,1-2H3,(H,58,61)(H,64,65,66)/b46-44+. The van der Waals surface area contributed by atoms with Crippen molar-refractivity contribution in [2.75, 3.05) is 13.2 Å². The number of carbonyl (C=O) groups excluding carboxylic acids is 1.